The number of hydrogen-bond donors (Lipinski definition) is 1. The van der Waals surface area contributed by atoms with Crippen molar-refractivity contribution in [2.45, 2.75) is 39.2 Å². The lowest BCUT2D eigenvalue weighted by molar-refractivity contribution is -0.139. The van der Waals surface area contributed by atoms with Gasteiger partial charge in [-0.25, -0.2) is 22.5 Å². The molecular weight excluding hydrogens is 498 g/mol. The van der Waals surface area contributed by atoms with E-state index >= 15 is 17.6 Å². The van der Waals surface area contributed by atoms with E-state index < -0.39 is 40.4 Å². The van der Waals surface area contributed by atoms with Crippen LogP contribution in [0.5, 0.6) is 0 Å². The van der Waals surface area contributed by atoms with Crippen molar-refractivity contribution in [1.29, 1.82) is 0 Å². The summed E-state index contributed by atoms with van der Waals surface area (Å²) in [6.07, 6.45) is 3.36. The van der Waals surface area contributed by atoms with Crippen LogP contribution in [0.15, 0.2) is 36.4 Å². The highest BCUT2D eigenvalue weighted by atomic mass is 19.2. The number of aromatic nitrogens is 2. The molecule has 0 atom stereocenters. The molecule has 38 heavy (non-hydrogen) atoms. The third-order valence-corrected chi connectivity index (χ3v) is 6.97. The van der Waals surface area contributed by atoms with Crippen LogP contribution in [-0.4, -0.2) is 41.0 Å². The van der Waals surface area contributed by atoms with Crippen LogP contribution in [0.4, 0.5) is 17.6 Å². The third-order valence-electron chi connectivity index (χ3n) is 6.97. The quantitative estimate of drug-likeness (QED) is 0.178. The monoisotopic (exact) mass is 525 g/mol. The predicted molar refractivity (Wildman–Crippen MR) is 136 cm³/mol. The number of carbonyl (C=O) groups is 1. The van der Waals surface area contributed by atoms with Crippen LogP contribution >= 0.6 is 0 Å². The van der Waals surface area contributed by atoms with Crippen LogP contribution in [0.1, 0.15) is 36.0 Å². The van der Waals surface area contributed by atoms with E-state index in [1.165, 1.54) is 25.7 Å². The zero-order valence-electron chi connectivity index (χ0n) is 21.1. The Morgan fingerprint density at radius 1 is 0.947 bits per heavy atom. The summed E-state index contributed by atoms with van der Waals surface area (Å²) in [6, 6.07) is 9.74. The second kappa shape index (κ2) is 10.6. The van der Waals surface area contributed by atoms with Gasteiger partial charge in [-0.1, -0.05) is 36.8 Å². The average molecular weight is 526 g/mol. The number of carbonyl (C=O) groups excluding carboxylic acids is 1. The lowest BCUT2D eigenvalue weighted by atomic mass is 9.99. The van der Waals surface area contributed by atoms with Crippen LogP contribution < -0.4 is 0 Å². The lowest BCUT2D eigenvalue weighted by Crippen LogP contribution is -2.29. The van der Waals surface area contributed by atoms with Crippen LogP contribution in [-0.2, 0) is 22.5 Å². The van der Waals surface area contributed by atoms with Gasteiger partial charge < -0.3 is 9.72 Å². The van der Waals surface area contributed by atoms with Crippen LogP contribution in [0.2, 0.25) is 0 Å². The van der Waals surface area contributed by atoms with E-state index in [-0.39, 0.29) is 23.3 Å². The van der Waals surface area contributed by atoms with Crippen LogP contribution in [0.3, 0.4) is 0 Å². The first kappa shape index (κ1) is 25.9. The van der Waals surface area contributed by atoms with Crippen molar-refractivity contribution in [2.75, 3.05) is 20.2 Å². The number of piperidine rings is 1. The topological polar surface area (TPSA) is 58.2 Å². The van der Waals surface area contributed by atoms with Gasteiger partial charge in [0.1, 0.15) is 5.82 Å². The first-order chi connectivity index (χ1) is 18.3. The number of rotatable bonds is 6. The summed E-state index contributed by atoms with van der Waals surface area (Å²) in [4.78, 5) is 21.1. The van der Waals surface area contributed by atoms with Gasteiger partial charge >= 0.3 is 5.97 Å². The molecule has 198 valence electrons. The van der Waals surface area contributed by atoms with Crippen molar-refractivity contribution in [3.63, 3.8) is 0 Å². The summed E-state index contributed by atoms with van der Waals surface area (Å²) in [7, 11) is 1.24. The van der Waals surface area contributed by atoms with Crippen molar-refractivity contribution in [2.24, 2.45) is 0 Å². The molecule has 0 aliphatic carbocycles. The Kier molecular flexibility index (Phi) is 7.21. The van der Waals surface area contributed by atoms with E-state index in [0.717, 1.165) is 37.1 Å². The fourth-order valence-corrected chi connectivity index (χ4v) is 5.07. The maximum atomic E-state index is 15.3. The highest BCUT2D eigenvalue weighted by Gasteiger charge is 2.29. The number of esters is 1. The number of halogens is 4. The number of imidazole rings is 1. The second-order valence-corrected chi connectivity index (χ2v) is 9.70. The number of H-pyrrole nitrogens is 1. The molecule has 0 bridgehead atoms. The molecule has 1 aliphatic heterocycles. The fourth-order valence-electron chi connectivity index (χ4n) is 5.07. The van der Waals surface area contributed by atoms with Crippen molar-refractivity contribution < 1.29 is 27.1 Å². The normalized spacial score (nSPS) is 14.3. The Balaban J connectivity index is 1.52. The Labute approximate surface area is 217 Å². The number of nitrogens with one attached hydrogen (secondary N) is 1. The Morgan fingerprint density at radius 2 is 1.58 bits per heavy atom. The lowest BCUT2D eigenvalue weighted by Gasteiger charge is -2.26. The molecule has 3 aromatic carbocycles. The number of methoxy groups -OCH3 is 1. The molecule has 2 heterocycles. The molecule has 0 amide bonds. The van der Waals surface area contributed by atoms with Crippen LogP contribution in [0, 0.1) is 30.2 Å². The maximum Gasteiger partial charge on any atom is 0.310 e. The minimum Gasteiger partial charge on any atom is -0.469 e. The van der Waals surface area contributed by atoms with E-state index in [1.807, 2.05) is 0 Å². The molecule has 1 fully saturated rings. The summed E-state index contributed by atoms with van der Waals surface area (Å²) >= 11 is 0. The van der Waals surface area contributed by atoms with Gasteiger partial charge in [-0.05, 0) is 61.2 Å². The van der Waals surface area contributed by atoms with E-state index in [4.69, 9.17) is 4.74 Å². The van der Waals surface area contributed by atoms with Gasteiger partial charge in [-0.15, -0.1) is 0 Å². The predicted octanol–water partition coefficient (Wildman–Crippen LogP) is 6.46. The molecule has 1 aliphatic rings. The molecule has 0 saturated carbocycles. The van der Waals surface area contributed by atoms with Gasteiger partial charge in [-0.3, -0.25) is 9.69 Å². The number of aryl methyl sites for hydroxylation is 1. The van der Waals surface area contributed by atoms with Gasteiger partial charge in [0.2, 0.25) is 0 Å². The van der Waals surface area contributed by atoms with Gasteiger partial charge in [0.15, 0.2) is 23.3 Å². The van der Waals surface area contributed by atoms with E-state index in [2.05, 4.69) is 14.9 Å². The summed E-state index contributed by atoms with van der Waals surface area (Å²) in [5.74, 6) is -7.03. The number of likely N-dealkylation sites (tertiary alicyclic amines) is 1. The van der Waals surface area contributed by atoms with Gasteiger partial charge in [0, 0.05) is 6.54 Å². The number of aromatic amines is 1. The molecular formula is C29H27F4N3O2. The van der Waals surface area contributed by atoms with Crippen molar-refractivity contribution in [3.05, 3.63) is 76.4 Å². The van der Waals surface area contributed by atoms with Crippen molar-refractivity contribution >= 4 is 17.0 Å². The molecule has 4 aromatic rings. The van der Waals surface area contributed by atoms with Crippen molar-refractivity contribution in [3.8, 4) is 22.5 Å². The van der Waals surface area contributed by atoms with E-state index in [1.54, 1.807) is 31.2 Å². The Morgan fingerprint density at radius 3 is 2.21 bits per heavy atom. The summed E-state index contributed by atoms with van der Waals surface area (Å²) in [5, 5.41) is 0. The summed E-state index contributed by atoms with van der Waals surface area (Å²) < 4.78 is 65.9. The molecule has 0 spiro atoms. The minimum atomic E-state index is -1.55. The number of benzene rings is 3. The fraction of sp³-hybridized carbons (Fsp3) is 0.310. The second-order valence-electron chi connectivity index (χ2n) is 9.70. The largest absolute Gasteiger partial charge is 0.469 e. The summed E-state index contributed by atoms with van der Waals surface area (Å²) in [6.45, 7) is 4.47. The Hall–Kier alpha value is -3.72. The highest BCUT2D eigenvalue weighted by molar-refractivity contribution is 5.87. The maximum absolute atomic E-state index is 15.3. The number of hydrogen-bond acceptors (Lipinski definition) is 4. The SMILES string of the molecule is COC(=O)Cc1cc(C)cc2[nH]c(-c3c(F)c(F)c(-c4ccc(CN5CCCCC5)cc4)c(F)c3F)nc12. The third kappa shape index (κ3) is 4.90. The summed E-state index contributed by atoms with van der Waals surface area (Å²) in [5.41, 5.74) is 1.11. The number of nitrogens with zero attached hydrogens (tertiary/aromatic N) is 2. The smallest absolute Gasteiger partial charge is 0.310 e. The molecule has 1 N–H and O–H groups in total. The van der Waals surface area contributed by atoms with E-state index in [9.17, 15) is 4.79 Å². The number of ether oxygens (including phenoxy) is 1. The molecule has 0 unspecified atom stereocenters. The Bertz CT molecular complexity index is 1480. The zero-order chi connectivity index (χ0) is 27.0. The zero-order valence-corrected chi connectivity index (χ0v) is 21.1. The van der Waals surface area contributed by atoms with E-state index in [0.29, 0.717) is 17.6 Å². The molecule has 1 aromatic heterocycles. The molecule has 0 radical (unpaired) electrons. The molecule has 1 saturated heterocycles. The first-order valence-electron chi connectivity index (χ1n) is 12.5. The van der Waals surface area contributed by atoms with Crippen molar-refractivity contribution in [1.82, 2.24) is 14.9 Å². The molecule has 9 heteroatoms. The molecule has 5 rings (SSSR count). The standard InChI is InChI=1S/C29H27F4N3O2/c1-16-12-19(14-21(37)38-2)28-20(13-16)34-29(35-28)23-26(32)24(30)22(25(31)27(23)33)18-8-6-17(7-9-18)15-36-10-4-3-5-11-36/h6-9,12-13H,3-5,10-11,14-15H2,1-2H3,(H,34,35). The molecule has 5 nitrogen and oxygen atoms in total. The highest BCUT2D eigenvalue weighted by Crippen LogP contribution is 2.37. The number of fused-ring (bicyclic) bond motifs is 1. The van der Waals surface area contributed by atoms with Gasteiger partial charge in [0.05, 0.1) is 35.7 Å². The first-order valence-corrected chi connectivity index (χ1v) is 12.5. The van der Waals surface area contributed by atoms with Crippen LogP contribution in [0.25, 0.3) is 33.5 Å². The minimum absolute atomic E-state index is 0.0346. The average Bonchev–Trinajstić information content (AvgIpc) is 3.33. The van der Waals surface area contributed by atoms with Gasteiger partial charge in [0.25, 0.3) is 0 Å². The van der Waals surface area contributed by atoms with Gasteiger partial charge in [-0.2, -0.15) is 0 Å².